The Bertz CT molecular complexity index is 991. The number of aromatic nitrogens is 3. The Morgan fingerprint density at radius 2 is 1.79 bits per heavy atom. The van der Waals surface area contributed by atoms with Crippen LogP contribution in [0.2, 0.25) is 0 Å². The highest BCUT2D eigenvalue weighted by atomic mass is 16.2. The number of carbonyl (C=O) groups excluding carboxylic acids is 2. The number of benzene rings is 1. The Labute approximate surface area is 163 Å². The lowest BCUT2D eigenvalue weighted by Gasteiger charge is -2.17. The zero-order valence-electron chi connectivity index (χ0n) is 16.4. The van der Waals surface area contributed by atoms with E-state index in [4.69, 9.17) is 0 Å². The van der Waals surface area contributed by atoms with Crippen LogP contribution in [0, 0.1) is 13.8 Å². The molecule has 2 amide bonds. The van der Waals surface area contributed by atoms with Crippen LogP contribution in [0.3, 0.4) is 0 Å². The number of nitrogens with zero attached hydrogens (tertiary/aromatic N) is 3. The Hall–Kier alpha value is -3.48. The molecule has 0 aliphatic carbocycles. The first-order valence-corrected chi connectivity index (χ1v) is 9.02. The first kappa shape index (κ1) is 19.3. The van der Waals surface area contributed by atoms with E-state index in [9.17, 15) is 9.59 Å². The standard InChI is InChI=1S/C21H23N5O2/c1-13-10-11-23-14(2)19(13)24-21(28)18-12-17(20(27)22-4)25-26(18)15(3)16-8-6-5-7-9-16/h5-12,15H,1-4H3,(H,22,27)(H,24,28)/t15-/m0/s1. The molecule has 144 valence electrons. The summed E-state index contributed by atoms with van der Waals surface area (Å²) in [4.78, 5) is 29.4. The monoisotopic (exact) mass is 377 g/mol. The molecule has 7 nitrogen and oxygen atoms in total. The minimum absolute atomic E-state index is 0.190. The molecule has 0 fully saturated rings. The summed E-state index contributed by atoms with van der Waals surface area (Å²) in [6.07, 6.45) is 1.70. The number of pyridine rings is 1. The highest BCUT2D eigenvalue weighted by Gasteiger charge is 2.23. The second kappa shape index (κ2) is 8.04. The molecule has 2 N–H and O–H groups in total. The van der Waals surface area contributed by atoms with Crippen LogP contribution in [0.5, 0.6) is 0 Å². The number of nitrogens with one attached hydrogen (secondary N) is 2. The predicted octanol–water partition coefficient (Wildman–Crippen LogP) is 3.12. The summed E-state index contributed by atoms with van der Waals surface area (Å²) in [6.45, 7) is 5.68. The van der Waals surface area contributed by atoms with E-state index in [1.807, 2.05) is 57.2 Å². The highest BCUT2D eigenvalue weighted by Crippen LogP contribution is 2.23. The van der Waals surface area contributed by atoms with Crippen LogP contribution in [-0.2, 0) is 0 Å². The van der Waals surface area contributed by atoms with Gasteiger partial charge in [-0.25, -0.2) is 0 Å². The number of anilines is 1. The van der Waals surface area contributed by atoms with Gasteiger partial charge in [0, 0.05) is 19.3 Å². The zero-order valence-corrected chi connectivity index (χ0v) is 16.4. The lowest BCUT2D eigenvalue weighted by atomic mass is 10.1. The summed E-state index contributed by atoms with van der Waals surface area (Å²) in [5.41, 5.74) is 3.77. The number of hydrogen-bond donors (Lipinski definition) is 2. The lowest BCUT2D eigenvalue weighted by Crippen LogP contribution is -2.22. The third kappa shape index (κ3) is 3.78. The van der Waals surface area contributed by atoms with Gasteiger partial charge >= 0.3 is 0 Å². The predicted molar refractivity (Wildman–Crippen MR) is 108 cm³/mol. The van der Waals surface area contributed by atoms with Crippen LogP contribution in [-0.4, -0.2) is 33.6 Å². The smallest absolute Gasteiger partial charge is 0.274 e. The van der Waals surface area contributed by atoms with Gasteiger partial charge in [-0.1, -0.05) is 30.3 Å². The van der Waals surface area contributed by atoms with Gasteiger partial charge in [-0.15, -0.1) is 0 Å². The zero-order chi connectivity index (χ0) is 20.3. The summed E-state index contributed by atoms with van der Waals surface area (Å²) in [7, 11) is 1.53. The molecule has 2 heterocycles. The van der Waals surface area contributed by atoms with Gasteiger partial charge in [-0.3, -0.25) is 19.3 Å². The summed E-state index contributed by atoms with van der Waals surface area (Å²) >= 11 is 0. The minimum atomic E-state index is -0.346. The van der Waals surface area contributed by atoms with Crippen molar-refractivity contribution in [1.82, 2.24) is 20.1 Å². The molecule has 0 aliphatic heterocycles. The Morgan fingerprint density at radius 1 is 1.07 bits per heavy atom. The molecule has 0 saturated carbocycles. The van der Waals surface area contributed by atoms with Crippen LogP contribution in [0.4, 0.5) is 5.69 Å². The normalized spacial score (nSPS) is 11.7. The van der Waals surface area contributed by atoms with Gasteiger partial charge in [0.2, 0.25) is 0 Å². The van der Waals surface area contributed by atoms with E-state index in [1.165, 1.54) is 13.1 Å². The maximum atomic E-state index is 13.1. The van der Waals surface area contributed by atoms with Gasteiger partial charge in [-0.2, -0.15) is 5.10 Å². The molecule has 0 aliphatic rings. The molecular formula is C21H23N5O2. The first-order chi connectivity index (χ1) is 13.4. The quantitative estimate of drug-likeness (QED) is 0.715. The van der Waals surface area contributed by atoms with E-state index in [0.717, 1.165) is 16.8 Å². The van der Waals surface area contributed by atoms with Gasteiger partial charge < -0.3 is 10.6 Å². The highest BCUT2D eigenvalue weighted by molar-refractivity contribution is 6.05. The van der Waals surface area contributed by atoms with Crippen LogP contribution < -0.4 is 10.6 Å². The van der Waals surface area contributed by atoms with E-state index in [2.05, 4.69) is 20.7 Å². The van der Waals surface area contributed by atoms with Crippen molar-refractivity contribution >= 4 is 17.5 Å². The molecular weight excluding hydrogens is 354 g/mol. The summed E-state index contributed by atoms with van der Waals surface area (Å²) < 4.78 is 1.58. The van der Waals surface area contributed by atoms with Crippen LogP contribution in [0.1, 0.15) is 50.8 Å². The van der Waals surface area contributed by atoms with E-state index >= 15 is 0 Å². The fourth-order valence-electron chi connectivity index (χ4n) is 3.03. The van der Waals surface area contributed by atoms with E-state index in [1.54, 1.807) is 10.9 Å². The van der Waals surface area contributed by atoms with Crippen LogP contribution >= 0.6 is 0 Å². The Balaban J connectivity index is 2.02. The number of aryl methyl sites for hydroxylation is 2. The fourth-order valence-corrected chi connectivity index (χ4v) is 3.03. The largest absolute Gasteiger partial charge is 0.354 e. The first-order valence-electron chi connectivity index (χ1n) is 9.02. The average molecular weight is 377 g/mol. The van der Waals surface area contributed by atoms with Gasteiger partial charge in [0.1, 0.15) is 5.69 Å². The van der Waals surface area contributed by atoms with Gasteiger partial charge in [0.15, 0.2) is 5.69 Å². The molecule has 0 radical (unpaired) electrons. The molecule has 0 bridgehead atoms. The third-order valence-electron chi connectivity index (χ3n) is 4.66. The molecule has 0 spiro atoms. The van der Waals surface area contributed by atoms with Crippen molar-refractivity contribution in [2.45, 2.75) is 26.8 Å². The average Bonchev–Trinajstić information content (AvgIpc) is 3.16. The molecule has 0 saturated heterocycles. The lowest BCUT2D eigenvalue weighted by molar-refractivity contribution is 0.0956. The summed E-state index contributed by atoms with van der Waals surface area (Å²) in [5.74, 6) is -0.688. The number of amides is 2. The van der Waals surface area contributed by atoms with Crippen molar-refractivity contribution in [1.29, 1.82) is 0 Å². The maximum absolute atomic E-state index is 13.1. The number of rotatable bonds is 5. The molecule has 1 aromatic carbocycles. The van der Waals surface area contributed by atoms with Gasteiger partial charge in [0.25, 0.3) is 11.8 Å². The van der Waals surface area contributed by atoms with Crippen molar-refractivity contribution in [3.05, 3.63) is 76.9 Å². The summed E-state index contributed by atoms with van der Waals surface area (Å²) in [6, 6.07) is 12.8. The van der Waals surface area contributed by atoms with Crippen molar-refractivity contribution in [2.24, 2.45) is 0 Å². The SMILES string of the molecule is CNC(=O)c1cc(C(=O)Nc2c(C)ccnc2C)n([C@@H](C)c2ccccc2)n1. The van der Waals surface area contributed by atoms with Crippen molar-refractivity contribution in [3.63, 3.8) is 0 Å². The molecule has 7 heteroatoms. The van der Waals surface area contributed by atoms with Crippen LogP contribution in [0.15, 0.2) is 48.7 Å². The third-order valence-corrected chi connectivity index (χ3v) is 4.66. The maximum Gasteiger partial charge on any atom is 0.274 e. The molecule has 1 atom stereocenters. The minimum Gasteiger partial charge on any atom is -0.354 e. The van der Waals surface area contributed by atoms with Crippen molar-refractivity contribution in [2.75, 3.05) is 12.4 Å². The van der Waals surface area contributed by atoms with Crippen molar-refractivity contribution in [3.8, 4) is 0 Å². The topological polar surface area (TPSA) is 88.9 Å². The molecule has 3 rings (SSSR count). The van der Waals surface area contributed by atoms with Gasteiger partial charge in [-0.05, 0) is 38.0 Å². The van der Waals surface area contributed by atoms with Crippen LogP contribution in [0.25, 0.3) is 0 Å². The second-order valence-electron chi connectivity index (χ2n) is 6.57. The number of carbonyl (C=O) groups is 2. The van der Waals surface area contributed by atoms with Crippen molar-refractivity contribution < 1.29 is 9.59 Å². The molecule has 3 aromatic rings. The van der Waals surface area contributed by atoms with Gasteiger partial charge in [0.05, 0.1) is 17.4 Å². The Morgan fingerprint density at radius 3 is 2.43 bits per heavy atom. The summed E-state index contributed by atoms with van der Waals surface area (Å²) in [5, 5.41) is 9.86. The fraction of sp³-hybridized carbons (Fsp3) is 0.238. The van der Waals surface area contributed by atoms with E-state index in [0.29, 0.717) is 11.4 Å². The second-order valence-corrected chi connectivity index (χ2v) is 6.57. The molecule has 28 heavy (non-hydrogen) atoms. The van der Waals surface area contributed by atoms with E-state index < -0.39 is 0 Å². The molecule has 0 unspecified atom stereocenters. The van der Waals surface area contributed by atoms with E-state index in [-0.39, 0.29) is 23.6 Å². The number of hydrogen-bond acceptors (Lipinski definition) is 4. The Kier molecular flexibility index (Phi) is 5.54. The molecule has 2 aromatic heterocycles.